The van der Waals surface area contributed by atoms with Crippen LogP contribution < -0.4 is 0 Å². The molecule has 1 aliphatic carbocycles. The molecule has 1 fully saturated rings. The van der Waals surface area contributed by atoms with Crippen LogP contribution in [0.25, 0.3) is 33.1 Å². The highest BCUT2D eigenvalue weighted by atomic mass is 16.5. The molecule has 0 atom stereocenters. The van der Waals surface area contributed by atoms with Gasteiger partial charge in [0.15, 0.2) is 0 Å². The maximum Gasteiger partial charge on any atom is 0.355 e. The lowest BCUT2D eigenvalue weighted by Gasteiger charge is -2.24. The van der Waals surface area contributed by atoms with E-state index < -0.39 is 5.97 Å². The number of nitrogens with zero attached hydrogens (tertiary/aromatic N) is 1. The highest BCUT2D eigenvalue weighted by Crippen LogP contribution is 2.46. The summed E-state index contributed by atoms with van der Waals surface area (Å²) in [5.41, 5.74) is 6.98. The van der Waals surface area contributed by atoms with Gasteiger partial charge in [-0.3, -0.25) is 0 Å². The van der Waals surface area contributed by atoms with Gasteiger partial charge in [0.25, 0.3) is 0 Å². The lowest BCUT2D eigenvalue weighted by atomic mass is 9.81. The van der Waals surface area contributed by atoms with Crippen LogP contribution in [-0.2, 0) is 22.6 Å². The number of aryl methyl sites for hydroxylation is 1. The fourth-order valence-electron chi connectivity index (χ4n) is 6.44. The van der Waals surface area contributed by atoms with E-state index in [0.29, 0.717) is 30.1 Å². The van der Waals surface area contributed by atoms with E-state index in [0.717, 1.165) is 51.5 Å². The quantitative estimate of drug-likeness (QED) is 0.167. The van der Waals surface area contributed by atoms with E-state index in [9.17, 15) is 14.7 Å². The molecule has 0 saturated heterocycles. The minimum atomic E-state index is -0.406. The normalized spacial score (nSPS) is 13.5. The Kier molecular flexibility index (Phi) is 10.2. The van der Waals surface area contributed by atoms with E-state index >= 15 is 0 Å². The molecule has 44 heavy (non-hydrogen) atoms. The summed E-state index contributed by atoms with van der Waals surface area (Å²) in [6.45, 7) is 4.84. The summed E-state index contributed by atoms with van der Waals surface area (Å²) >= 11 is 0. The predicted octanol–water partition coefficient (Wildman–Crippen LogP) is 8.39. The number of aromatic amines is 1. The number of para-hydroxylation sites is 1. The number of benzene rings is 3. The second kappa shape index (κ2) is 14.4. The van der Waals surface area contributed by atoms with E-state index in [1.807, 2.05) is 80.6 Å². The first-order chi connectivity index (χ1) is 21.6. The average Bonchev–Trinajstić information content (AvgIpc) is 3.67. The number of aromatic nitrogens is 2. The van der Waals surface area contributed by atoms with Gasteiger partial charge in [-0.15, -0.1) is 0 Å². The number of fused-ring (bicyclic) bond motifs is 2. The van der Waals surface area contributed by atoms with Crippen molar-refractivity contribution in [2.45, 2.75) is 71.4 Å². The lowest BCUT2D eigenvalue weighted by molar-refractivity contribution is 0.0466. The van der Waals surface area contributed by atoms with Crippen LogP contribution in [0.3, 0.4) is 0 Å². The van der Waals surface area contributed by atoms with Gasteiger partial charge >= 0.3 is 11.9 Å². The van der Waals surface area contributed by atoms with Crippen molar-refractivity contribution in [1.29, 1.82) is 0 Å². The number of aliphatic hydroxyl groups is 1. The molecular formula is C37H42N2O5. The second-order valence-electron chi connectivity index (χ2n) is 11.1. The SMILES string of the molecule is CC.COC(=O)c1ccc2c(C3CCCCC3)c(-c3cccc4cc(C(=O)OCc5ccccc5)[nH]c34)n(CCCO)c2c1. The maximum atomic E-state index is 13.1. The van der Waals surface area contributed by atoms with Crippen molar-refractivity contribution in [3.8, 4) is 11.3 Å². The van der Waals surface area contributed by atoms with E-state index in [1.54, 1.807) is 0 Å². The smallest absolute Gasteiger partial charge is 0.355 e. The number of carbonyl (C=O) groups is 2. The number of methoxy groups -OCH3 is 1. The monoisotopic (exact) mass is 594 g/mol. The molecule has 2 aromatic heterocycles. The highest BCUT2D eigenvalue weighted by Gasteiger charge is 2.28. The Morgan fingerprint density at radius 3 is 2.43 bits per heavy atom. The number of H-pyrrole nitrogens is 1. The molecule has 1 saturated carbocycles. The molecule has 6 rings (SSSR count). The van der Waals surface area contributed by atoms with Gasteiger partial charge in [0.1, 0.15) is 12.3 Å². The highest BCUT2D eigenvalue weighted by molar-refractivity contribution is 6.04. The molecule has 3 aromatic carbocycles. The second-order valence-corrected chi connectivity index (χ2v) is 11.1. The zero-order valence-electron chi connectivity index (χ0n) is 25.9. The zero-order chi connectivity index (χ0) is 31.1. The molecule has 2 heterocycles. The number of hydrogen-bond acceptors (Lipinski definition) is 5. The molecule has 1 aliphatic rings. The third-order valence-corrected chi connectivity index (χ3v) is 8.42. The van der Waals surface area contributed by atoms with Gasteiger partial charge in [-0.2, -0.15) is 0 Å². The van der Waals surface area contributed by atoms with Crippen molar-refractivity contribution in [1.82, 2.24) is 9.55 Å². The van der Waals surface area contributed by atoms with Crippen LogP contribution >= 0.6 is 0 Å². The van der Waals surface area contributed by atoms with Gasteiger partial charge < -0.3 is 24.1 Å². The molecule has 0 bridgehead atoms. The first-order valence-corrected chi connectivity index (χ1v) is 15.8. The Labute approximate surface area is 258 Å². The van der Waals surface area contributed by atoms with Gasteiger partial charge in [-0.05, 0) is 54.5 Å². The Hall–Kier alpha value is -4.36. The van der Waals surface area contributed by atoms with Crippen molar-refractivity contribution in [2.24, 2.45) is 0 Å². The number of aliphatic hydroxyl groups excluding tert-OH is 1. The number of carbonyl (C=O) groups excluding carboxylic acids is 2. The zero-order valence-corrected chi connectivity index (χ0v) is 25.9. The summed E-state index contributed by atoms with van der Waals surface area (Å²) in [7, 11) is 1.39. The molecule has 0 unspecified atom stereocenters. The van der Waals surface area contributed by atoms with Crippen LogP contribution in [0.5, 0.6) is 0 Å². The molecule has 230 valence electrons. The summed E-state index contributed by atoms with van der Waals surface area (Å²) in [6, 6.07) is 23.4. The molecule has 2 N–H and O–H groups in total. The first-order valence-electron chi connectivity index (χ1n) is 15.8. The fraction of sp³-hybridized carbons (Fsp3) is 0.351. The lowest BCUT2D eigenvalue weighted by Crippen LogP contribution is -2.08. The van der Waals surface area contributed by atoms with Crippen molar-refractivity contribution in [3.63, 3.8) is 0 Å². The fourth-order valence-corrected chi connectivity index (χ4v) is 6.44. The van der Waals surface area contributed by atoms with Crippen molar-refractivity contribution < 1.29 is 24.2 Å². The van der Waals surface area contributed by atoms with Crippen LogP contribution in [0.1, 0.15) is 90.3 Å². The van der Waals surface area contributed by atoms with Crippen LogP contribution in [0.4, 0.5) is 0 Å². The molecule has 0 radical (unpaired) electrons. The molecule has 7 nitrogen and oxygen atoms in total. The number of rotatable bonds is 9. The molecule has 7 heteroatoms. The van der Waals surface area contributed by atoms with E-state index in [2.05, 4.69) is 15.6 Å². The Bertz CT molecular complexity index is 1730. The first kappa shape index (κ1) is 31.1. The third kappa shape index (κ3) is 6.29. The van der Waals surface area contributed by atoms with E-state index in [4.69, 9.17) is 9.47 Å². The summed E-state index contributed by atoms with van der Waals surface area (Å²) in [5.74, 6) is -0.411. The van der Waals surface area contributed by atoms with E-state index in [-0.39, 0.29) is 19.2 Å². The number of esters is 2. The minimum absolute atomic E-state index is 0.0542. The molecular weight excluding hydrogens is 552 g/mol. The molecule has 0 aliphatic heterocycles. The minimum Gasteiger partial charge on any atom is -0.465 e. The molecule has 0 amide bonds. The Balaban J connectivity index is 0.00000188. The standard InChI is InChI=1S/C35H36N2O5.C2H6/c1-41-34(39)26-16-17-27-30(21-26)37(18-9-19-38)33(31(27)24-12-6-3-7-13-24)28-15-8-14-25-20-29(36-32(25)28)35(40)42-22-23-10-4-2-5-11-23;1-2/h2,4-5,8,10-11,14-17,20-21,24,36,38H,3,6-7,9,12-13,18-19,22H2,1H3;1-2H3. The number of ether oxygens (including phenoxy) is 2. The maximum absolute atomic E-state index is 13.1. The van der Waals surface area contributed by atoms with Gasteiger partial charge in [-0.25, -0.2) is 9.59 Å². The summed E-state index contributed by atoms with van der Waals surface area (Å²) in [6.07, 6.45) is 6.37. The summed E-state index contributed by atoms with van der Waals surface area (Å²) < 4.78 is 12.9. The molecule has 5 aromatic rings. The number of nitrogens with one attached hydrogen (secondary N) is 1. The molecule has 0 spiro atoms. The van der Waals surface area contributed by atoms with Crippen LogP contribution in [0, 0.1) is 0 Å². The average molecular weight is 595 g/mol. The van der Waals surface area contributed by atoms with Gasteiger partial charge in [0.2, 0.25) is 0 Å². The van der Waals surface area contributed by atoms with Gasteiger partial charge in [-0.1, -0.05) is 87.7 Å². The third-order valence-electron chi connectivity index (χ3n) is 8.42. The van der Waals surface area contributed by atoms with Crippen LogP contribution in [0.15, 0.2) is 72.8 Å². The van der Waals surface area contributed by atoms with Crippen molar-refractivity contribution >= 4 is 33.7 Å². The van der Waals surface area contributed by atoms with Crippen molar-refractivity contribution in [2.75, 3.05) is 13.7 Å². The summed E-state index contributed by atoms with van der Waals surface area (Å²) in [4.78, 5) is 29.0. The largest absolute Gasteiger partial charge is 0.465 e. The van der Waals surface area contributed by atoms with Crippen molar-refractivity contribution in [3.05, 3.63) is 95.2 Å². The van der Waals surface area contributed by atoms with Crippen LogP contribution in [0.2, 0.25) is 0 Å². The van der Waals surface area contributed by atoms with Gasteiger partial charge in [0.05, 0.1) is 23.9 Å². The Morgan fingerprint density at radius 1 is 0.932 bits per heavy atom. The Morgan fingerprint density at radius 2 is 1.70 bits per heavy atom. The summed E-state index contributed by atoms with van der Waals surface area (Å²) in [5, 5.41) is 11.9. The van der Waals surface area contributed by atoms with E-state index in [1.165, 1.54) is 31.9 Å². The predicted molar refractivity (Wildman–Crippen MR) is 175 cm³/mol. The topological polar surface area (TPSA) is 93.6 Å². The van der Waals surface area contributed by atoms with Gasteiger partial charge in [0, 0.05) is 35.0 Å². The van der Waals surface area contributed by atoms with Crippen LogP contribution in [-0.4, -0.2) is 40.3 Å². The number of hydrogen-bond donors (Lipinski definition) is 2.